The maximum absolute atomic E-state index is 11.5. The van der Waals surface area contributed by atoms with Crippen LogP contribution in [0.2, 0.25) is 0 Å². The lowest BCUT2D eigenvalue weighted by molar-refractivity contribution is 0.0592. The Bertz CT molecular complexity index is 518. The highest BCUT2D eigenvalue weighted by Crippen LogP contribution is 2.08. The molecule has 7 heteroatoms. The van der Waals surface area contributed by atoms with E-state index in [-0.39, 0.29) is 0 Å². The minimum absolute atomic E-state index is 0.292. The van der Waals surface area contributed by atoms with Gasteiger partial charge in [0.25, 0.3) is 0 Å². The van der Waals surface area contributed by atoms with Gasteiger partial charge in [0.2, 0.25) is 0 Å². The van der Waals surface area contributed by atoms with Crippen LogP contribution >= 0.6 is 0 Å². The summed E-state index contributed by atoms with van der Waals surface area (Å²) in [5.74, 6) is -0.447. The Hall–Kier alpha value is -2.18. The number of carbonyl (C=O) groups is 1. The van der Waals surface area contributed by atoms with Crippen molar-refractivity contribution in [2.75, 3.05) is 7.11 Å². The third-order valence-corrected chi connectivity index (χ3v) is 2.65. The van der Waals surface area contributed by atoms with E-state index in [9.17, 15) is 4.79 Å². The van der Waals surface area contributed by atoms with Gasteiger partial charge in [-0.3, -0.25) is 4.68 Å². The fourth-order valence-electron chi connectivity index (χ4n) is 1.75. The average molecular weight is 249 g/mol. The summed E-state index contributed by atoms with van der Waals surface area (Å²) in [6, 6.07) is 1.86. The summed E-state index contributed by atoms with van der Waals surface area (Å²) >= 11 is 0. The SMILES string of the molecule is CCc1c(C(=O)OC)nnn1CCn1cccn1. The van der Waals surface area contributed by atoms with Crippen LogP contribution in [0.5, 0.6) is 0 Å². The van der Waals surface area contributed by atoms with Crippen LogP contribution in [0.15, 0.2) is 18.5 Å². The number of aromatic nitrogens is 5. The Balaban J connectivity index is 2.13. The summed E-state index contributed by atoms with van der Waals surface area (Å²) in [6.07, 6.45) is 4.28. The van der Waals surface area contributed by atoms with Gasteiger partial charge in [-0.25, -0.2) is 9.48 Å². The molecule has 0 fully saturated rings. The molecule has 0 aromatic carbocycles. The highest BCUT2D eigenvalue weighted by molar-refractivity contribution is 5.88. The van der Waals surface area contributed by atoms with Gasteiger partial charge in [0.15, 0.2) is 5.69 Å². The predicted octanol–water partition coefficient (Wildman–Crippen LogP) is 0.524. The first-order valence-corrected chi connectivity index (χ1v) is 5.74. The van der Waals surface area contributed by atoms with Crippen molar-refractivity contribution < 1.29 is 9.53 Å². The molecule has 0 N–H and O–H groups in total. The van der Waals surface area contributed by atoms with E-state index in [1.165, 1.54) is 7.11 Å². The summed E-state index contributed by atoms with van der Waals surface area (Å²) < 4.78 is 8.19. The normalized spacial score (nSPS) is 10.6. The smallest absolute Gasteiger partial charge is 0.360 e. The molecule has 0 radical (unpaired) electrons. The Kier molecular flexibility index (Phi) is 3.71. The molecule has 0 saturated heterocycles. The molecule has 0 aliphatic rings. The second kappa shape index (κ2) is 5.44. The van der Waals surface area contributed by atoms with Gasteiger partial charge in [-0.05, 0) is 12.5 Å². The quantitative estimate of drug-likeness (QED) is 0.722. The minimum atomic E-state index is -0.447. The van der Waals surface area contributed by atoms with Crippen LogP contribution in [-0.4, -0.2) is 37.9 Å². The van der Waals surface area contributed by atoms with Crippen molar-refractivity contribution in [3.63, 3.8) is 0 Å². The zero-order chi connectivity index (χ0) is 13.0. The van der Waals surface area contributed by atoms with Gasteiger partial charge in [-0.15, -0.1) is 5.10 Å². The fraction of sp³-hybridized carbons (Fsp3) is 0.455. The maximum Gasteiger partial charge on any atom is 0.360 e. The monoisotopic (exact) mass is 249 g/mol. The summed E-state index contributed by atoms with van der Waals surface area (Å²) in [5, 5.41) is 12.0. The van der Waals surface area contributed by atoms with E-state index in [0.717, 1.165) is 5.69 Å². The minimum Gasteiger partial charge on any atom is -0.464 e. The number of rotatable bonds is 5. The molecule has 0 amide bonds. The molecule has 2 aromatic rings. The fourth-order valence-corrected chi connectivity index (χ4v) is 1.75. The largest absolute Gasteiger partial charge is 0.464 e. The van der Waals surface area contributed by atoms with Crippen molar-refractivity contribution in [1.82, 2.24) is 24.8 Å². The number of carbonyl (C=O) groups excluding carboxylic acids is 1. The van der Waals surface area contributed by atoms with Crippen molar-refractivity contribution in [2.45, 2.75) is 26.4 Å². The van der Waals surface area contributed by atoms with Crippen LogP contribution in [0.4, 0.5) is 0 Å². The van der Waals surface area contributed by atoms with Crippen molar-refractivity contribution in [2.24, 2.45) is 0 Å². The Morgan fingerprint density at radius 2 is 2.28 bits per heavy atom. The number of hydrogen-bond donors (Lipinski definition) is 0. The Morgan fingerprint density at radius 1 is 1.44 bits per heavy atom. The predicted molar refractivity (Wildman–Crippen MR) is 63.0 cm³/mol. The van der Waals surface area contributed by atoms with Crippen LogP contribution < -0.4 is 0 Å². The second-order valence-corrected chi connectivity index (χ2v) is 3.72. The van der Waals surface area contributed by atoms with E-state index in [1.807, 2.05) is 19.2 Å². The van der Waals surface area contributed by atoms with Crippen LogP contribution in [0.3, 0.4) is 0 Å². The molecule has 0 bridgehead atoms. The zero-order valence-electron chi connectivity index (χ0n) is 10.4. The molecule has 96 valence electrons. The molecule has 0 aliphatic carbocycles. The highest BCUT2D eigenvalue weighted by atomic mass is 16.5. The molecule has 2 rings (SSSR count). The molecule has 7 nitrogen and oxygen atoms in total. The topological polar surface area (TPSA) is 74.8 Å². The first-order chi connectivity index (χ1) is 8.76. The Labute approximate surface area is 104 Å². The average Bonchev–Trinajstić information content (AvgIpc) is 3.03. The first kappa shape index (κ1) is 12.3. The molecule has 0 aliphatic heterocycles. The molecule has 2 heterocycles. The lowest BCUT2D eigenvalue weighted by Gasteiger charge is -2.05. The van der Waals surface area contributed by atoms with Crippen molar-refractivity contribution in [3.8, 4) is 0 Å². The van der Waals surface area contributed by atoms with Gasteiger partial charge in [-0.1, -0.05) is 12.1 Å². The number of esters is 1. The zero-order valence-corrected chi connectivity index (χ0v) is 10.4. The van der Waals surface area contributed by atoms with Gasteiger partial charge in [0.05, 0.1) is 25.9 Å². The molecular weight excluding hydrogens is 234 g/mol. The third-order valence-electron chi connectivity index (χ3n) is 2.65. The van der Waals surface area contributed by atoms with Gasteiger partial charge in [-0.2, -0.15) is 5.10 Å². The summed E-state index contributed by atoms with van der Waals surface area (Å²) in [7, 11) is 1.34. The van der Waals surface area contributed by atoms with Crippen LogP contribution in [0.1, 0.15) is 23.1 Å². The summed E-state index contributed by atoms with van der Waals surface area (Å²) in [6.45, 7) is 3.26. The molecular formula is C11H15N5O2. The number of methoxy groups -OCH3 is 1. The maximum atomic E-state index is 11.5. The van der Waals surface area contributed by atoms with Crippen LogP contribution in [0.25, 0.3) is 0 Å². The molecule has 0 saturated carbocycles. The number of hydrogen-bond acceptors (Lipinski definition) is 5. The van der Waals surface area contributed by atoms with E-state index >= 15 is 0 Å². The third kappa shape index (κ3) is 2.39. The Morgan fingerprint density at radius 3 is 2.89 bits per heavy atom. The molecule has 18 heavy (non-hydrogen) atoms. The van der Waals surface area contributed by atoms with Gasteiger partial charge in [0.1, 0.15) is 0 Å². The van der Waals surface area contributed by atoms with Crippen LogP contribution in [-0.2, 0) is 24.2 Å². The van der Waals surface area contributed by atoms with E-state index in [4.69, 9.17) is 0 Å². The standard InChI is InChI=1S/C11H15N5O2/c1-3-9-10(11(17)18-2)13-14-16(9)8-7-15-6-4-5-12-15/h4-6H,3,7-8H2,1-2H3. The summed E-state index contributed by atoms with van der Waals surface area (Å²) in [4.78, 5) is 11.5. The van der Waals surface area contributed by atoms with Crippen LogP contribution in [0, 0.1) is 0 Å². The van der Waals surface area contributed by atoms with E-state index in [1.54, 1.807) is 15.6 Å². The number of nitrogens with zero attached hydrogens (tertiary/aromatic N) is 5. The summed E-state index contributed by atoms with van der Waals surface area (Å²) in [5.41, 5.74) is 1.08. The highest BCUT2D eigenvalue weighted by Gasteiger charge is 2.18. The van der Waals surface area contributed by atoms with Crippen molar-refractivity contribution in [1.29, 1.82) is 0 Å². The van der Waals surface area contributed by atoms with Gasteiger partial charge in [0, 0.05) is 12.4 Å². The van der Waals surface area contributed by atoms with Crippen molar-refractivity contribution in [3.05, 3.63) is 29.8 Å². The molecule has 0 atom stereocenters. The molecule has 0 spiro atoms. The number of aryl methyl sites for hydroxylation is 2. The lowest BCUT2D eigenvalue weighted by Crippen LogP contribution is -2.13. The first-order valence-electron chi connectivity index (χ1n) is 5.74. The molecule has 0 unspecified atom stereocenters. The van der Waals surface area contributed by atoms with E-state index in [2.05, 4.69) is 20.1 Å². The lowest BCUT2D eigenvalue weighted by atomic mass is 10.2. The van der Waals surface area contributed by atoms with Crippen molar-refractivity contribution >= 4 is 5.97 Å². The second-order valence-electron chi connectivity index (χ2n) is 3.72. The molecule has 2 aromatic heterocycles. The van der Waals surface area contributed by atoms with Gasteiger partial charge < -0.3 is 4.74 Å². The number of ether oxygens (including phenoxy) is 1. The van der Waals surface area contributed by atoms with Gasteiger partial charge >= 0.3 is 5.97 Å². The van der Waals surface area contributed by atoms with E-state index in [0.29, 0.717) is 25.2 Å². The van der Waals surface area contributed by atoms with E-state index < -0.39 is 5.97 Å².